The molecule has 0 radical (unpaired) electrons. The van der Waals surface area contributed by atoms with Crippen LogP contribution in [0.3, 0.4) is 0 Å². The van der Waals surface area contributed by atoms with Crippen LogP contribution in [0.25, 0.3) is 11.1 Å². The summed E-state index contributed by atoms with van der Waals surface area (Å²) in [5, 5.41) is 45.2. The standard InChI is InChI=1S/C27H23N5O7/c1-13(33)30-16-5-7-24(39-3)18(9-16)17-10-20(23(35)11-22(17)31-14(2)34)25(29)26(36)32-21-6-4-15(12-28)8-19(21)27(37)38/h4-11,29,35H,1-3H3,(H,30,33)(H,31,34)(H,32,36)(H,37,38). The number of phenols is 1. The number of nitriles is 1. The second-order valence-corrected chi connectivity index (χ2v) is 8.20. The molecule has 0 unspecified atom stereocenters. The molecule has 39 heavy (non-hydrogen) atoms. The number of aromatic carboxylic acids is 1. The number of ether oxygens (including phenoxy) is 1. The Bertz CT molecular complexity index is 1570. The summed E-state index contributed by atoms with van der Waals surface area (Å²) in [6.45, 7) is 2.58. The summed E-state index contributed by atoms with van der Waals surface area (Å²) in [7, 11) is 1.41. The molecule has 0 aliphatic rings. The number of carbonyl (C=O) groups is 4. The van der Waals surface area contributed by atoms with E-state index in [1.165, 1.54) is 39.2 Å². The van der Waals surface area contributed by atoms with E-state index in [0.29, 0.717) is 17.0 Å². The van der Waals surface area contributed by atoms with Crippen molar-refractivity contribution >= 4 is 46.5 Å². The lowest BCUT2D eigenvalue weighted by molar-refractivity contribution is -0.115. The summed E-state index contributed by atoms with van der Waals surface area (Å²) in [5.41, 5.74) is -0.267. The molecule has 3 aromatic rings. The molecule has 0 aliphatic heterocycles. The second kappa shape index (κ2) is 11.6. The Morgan fingerprint density at radius 3 is 2.15 bits per heavy atom. The zero-order valence-corrected chi connectivity index (χ0v) is 21.0. The van der Waals surface area contributed by atoms with Crippen LogP contribution in [-0.2, 0) is 14.4 Å². The van der Waals surface area contributed by atoms with Gasteiger partial charge in [0.1, 0.15) is 17.2 Å². The van der Waals surface area contributed by atoms with Crippen molar-refractivity contribution in [2.45, 2.75) is 13.8 Å². The van der Waals surface area contributed by atoms with E-state index < -0.39 is 29.2 Å². The number of hydrogen-bond acceptors (Lipinski definition) is 8. The number of methoxy groups -OCH3 is 1. The molecule has 0 aromatic heterocycles. The fourth-order valence-corrected chi connectivity index (χ4v) is 3.71. The fraction of sp³-hybridized carbons (Fsp3) is 0.111. The van der Waals surface area contributed by atoms with E-state index in [4.69, 9.17) is 15.4 Å². The minimum Gasteiger partial charge on any atom is -0.507 e. The zero-order valence-electron chi connectivity index (χ0n) is 21.0. The molecule has 12 nitrogen and oxygen atoms in total. The predicted octanol–water partition coefficient (Wildman–Crippen LogP) is 3.56. The van der Waals surface area contributed by atoms with Gasteiger partial charge in [0.05, 0.1) is 35.7 Å². The summed E-state index contributed by atoms with van der Waals surface area (Å²) in [4.78, 5) is 48.0. The van der Waals surface area contributed by atoms with Crippen molar-refractivity contribution in [2.24, 2.45) is 0 Å². The smallest absolute Gasteiger partial charge is 0.337 e. The normalized spacial score (nSPS) is 10.1. The van der Waals surface area contributed by atoms with Gasteiger partial charge >= 0.3 is 5.97 Å². The number of carbonyl (C=O) groups excluding carboxylic acids is 3. The summed E-state index contributed by atoms with van der Waals surface area (Å²) in [5.74, 6) is -3.43. The van der Waals surface area contributed by atoms with Crippen molar-refractivity contribution < 1.29 is 34.1 Å². The van der Waals surface area contributed by atoms with Crippen molar-refractivity contribution in [3.8, 4) is 28.7 Å². The number of aromatic hydroxyl groups is 1. The van der Waals surface area contributed by atoms with Crippen LogP contribution < -0.4 is 20.7 Å². The molecule has 0 fully saturated rings. The lowest BCUT2D eigenvalue weighted by atomic mass is 9.96. The van der Waals surface area contributed by atoms with Crippen LogP contribution in [0.15, 0.2) is 48.5 Å². The molecule has 3 rings (SSSR count). The van der Waals surface area contributed by atoms with Crippen molar-refractivity contribution in [2.75, 3.05) is 23.1 Å². The van der Waals surface area contributed by atoms with Crippen LogP contribution in [-0.4, -0.2) is 46.7 Å². The molecule has 198 valence electrons. The third-order valence-corrected chi connectivity index (χ3v) is 5.38. The Kier molecular flexibility index (Phi) is 8.27. The van der Waals surface area contributed by atoms with Gasteiger partial charge in [0.2, 0.25) is 11.8 Å². The Hall–Kier alpha value is -5.70. The molecule has 0 heterocycles. The van der Waals surface area contributed by atoms with Crippen LogP contribution in [0.2, 0.25) is 0 Å². The Labute approximate surface area is 222 Å². The van der Waals surface area contributed by atoms with Gasteiger partial charge in [0.15, 0.2) is 0 Å². The number of rotatable bonds is 8. The first-order valence-corrected chi connectivity index (χ1v) is 11.2. The van der Waals surface area contributed by atoms with Crippen LogP contribution in [0.1, 0.15) is 35.3 Å². The average Bonchev–Trinajstić information content (AvgIpc) is 2.87. The van der Waals surface area contributed by atoms with Gasteiger partial charge in [-0.15, -0.1) is 0 Å². The van der Waals surface area contributed by atoms with E-state index in [2.05, 4.69) is 16.0 Å². The maximum atomic E-state index is 13.0. The molecule has 0 bridgehead atoms. The van der Waals surface area contributed by atoms with Crippen LogP contribution in [0.5, 0.6) is 11.5 Å². The van der Waals surface area contributed by atoms with Gasteiger partial charge in [-0.25, -0.2) is 4.79 Å². The topological polar surface area (TPSA) is 202 Å². The molecule has 0 spiro atoms. The van der Waals surface area contributed by atoms with Crippen LogP contribution >= 0.6 is 0 Å². The molecule has 3 amide bonds. The summed E-state index contributed by atoms with van der Waals surface area (Å²) >= 11 is 0. The Balaban J connectivity index is 2.11. The monoisotopic (exact) mass is 529 g/mol. The molecule has 6 N–H and O–H groups in total. The largest absolute Gasteiger partial charge is 0.507 e. The van der Waals surface area contributed by atoms with Gasteiger partial charge in [-0.1, -0.05) is 0 Å². The molecule has 12 heteroatoms. The van der Waals surface area contributed by atoms with Crippen LogP contribution in [0, 0.1) is 16.7 Å². The number of benzene rings is 3. The van der Waals surface area contributed by atoms with E-state index in [-0.39, 0.29) is 39.5 Å². The molecule has 0 saturated heterocycles. The van der Waals surface area contributed by atoms with Gasteiger partial charge in [0, 0.05) is 42.3 Å². The highest BCUT2D eigenvalue weighted by molar-refractivity contribution is 6.48. The number of nitrogens with zero attached hydrogens (tertiary/aromatic N) is 1. The number of amides is 3. The van der Waals surface area contributed by atoms with Gasteiger partial charge in [-0.3, -0.25) is 19.8 Å². The molecule has 0 aliphatic carbocycles. The highest BCUT2D eigenvalue weighted by Crippen LogP contribution is 2.40. The lowest BCUT2D eigenvalue weighted by Gasteiger charge is -2.18. The average molecular weight is 530 g/mol. The first-order chi connectivity index (χ1) is 18.4. The maximum absolute atomic E-state index is 13.0. The van der Waals surface area contributed by atoms with E-state index in [1.807, 2.05) is 6.07 Å². The first kappa shape index (κ1) is 27.9. The number of hydrogen-bond donors (Lipinski definition) is 6. The minimum absolute atomic E-state index is 0.0618. The molecule has 0 atom stereocenters. The minimum atomic E-state index is -1.40. The zero-order chi connectivity index (χ0) is 28.9. The number of carboxylic acids is 1. The summed E-state index contributed by atoms with van der Waals surface area (Å²) < 4.78 is 5.43. The number of nitrogens with one attached hydrogen (secondary N) is 4. The second-order valence-electron chi connectivity index (χ2n) is 8.20. The quantitative estimate of drug-likeness (QED) is 0.238. The predicted molar refractivity (Wildman–Crippen MR) is 142 cm³/mol. The van der Waals surface area contributed by atoms with Gasteiger partial charge in [-0.05, 0) is 42.5 Å². The highest BCUT2D eigenvalue weighted by atomic mass is 16.5. The Morgan fingerprint density at radius 1 is 0.872 bits per heavy atom. The van der Waals surface area contributed by atoms with E-state index in [9.17, 15) is 29.4 Å². The van der Waals surface area contributed by atoms with Crippen molar-refractivity contribution in [1.82, 2.24) is 0 Å². The van der Waals surface area contributed by atoms with E-state index >= 15 is 0 Å². The number of phenolic OH excluding ortho intramolecular Hbond substituents is 1. The van der Waals surface area contributed by atoms with Gasteiger partial charge in [-0.2, -0.15) is 5.26 Å². The third-order valence-electron chi connectivity index (χ3n) is 5.38. The van der Waals surface area contributed by atoms with Crippen molar-refractivity contribution in [3.05, 3.63) is 65.2 Å². The molecular weight excluding hydrogens is 506 g/mol. The molecule has 3 aromatic carbocycles. The fourth-order valence-electron chi connectivity index (χ4n) is 3.71. The highest BCUT2D eigenvalue weighted by Gasteiger charge is 2.23. The van der Waals surface area contributed by atoms with E-state index in [1.54, 1.807) is 18.2 Å². The van der Waals surface area contributed by atoms with E-state index in [0.717, 1.165) is 12.1 Å². The molecular formula is C27H23N5O7. The van der Waals surface area contributed by atoms with Crippen LogP contribution in [0.4, 0.5) is 17.1 Å². The van der Waals surface area contributed by atoms with Gasteiger partial charge < -0.3 is 30.9 Å². The summed E-state index contributed by atoms with van der Waals surface area (Å²) in [6.07, 6.45) is 0. The lowest BCUT2D eigenvalue weighted by Crippen LogP contribution is -2.24. The van der Waals surface area contributed by atoms with Crippen molar-refractivity contribution in [1.29, 1.82) is 10.7 Å². The van der Waals surface area contributed by atoms with Gasteiger partial charge in [0.25, 0.3) is 5.91 Å². The third kappa shape index (κ3) is 6.36. The first-order valence-electron chi connectivity index (χ1n) is 11.2. The Morgan fingerprint density at radius 2 is 1.56 bits per heavy atom. The molecule has 0 saturated carbocycles. The number of carboxylic acid groups (broad SMARTS) is 1. The van der Waals surface area contributed by atoms with Crippen molar-refractivity contribution in [3.63, 3.8) is 0 Å². The maximum Gasteiger partial charge on any atom is 0.337 e. The number of anilines is 3. The summed E-state index contributed by atoms with van der Waals surface area (Å²) in [6, 6.07) is 12.6. The SMILES string of the molecule is COc1ccc(NC(C)=O)cc1-c1cc(C(=N)C(=O)Nc2ccc(C#N)cc2C(=O)O)c(O)cc1NC(C)=O.